The highest BCUT2D eigenvalue weighted by Crippen LogP contribution is 2.38. The smallest absolute Gasteiger partial charge is 0.251 e. The van der Waals surface area contributed by atoms with Crippen molar-refractivity contribution in [3.8, 4) is 5.75 Å². The number of hydrogen-bond donors (Lipinski definition) is 2. The molecule has 2 aromatic rings. The van der Waals surface area contributed by atoms with Crippen molar-refractivity contribution in [3.05, 3.63) is 60.2 Å². The number of hydrogen-bond acceptors (Lipinski definition) is 3. The molecule has 0 aromatic heterocycles. The third kappa shape index (κ3) is 4.83. The molecule has 1 saturated carbocycles. The third-order valence-electron chi connectivity index (χ3n) is 4.24. The largest absolute Gasteiger partial charge is 0.492 e. The highest BCUT2D eigenvalue weighted by atomic mass is 16.5. The van der Waals surface area contributed by atoms with Crippen LogP contribution >= 0.6 is 0 Å². The molecule has 5 heteroatoms. The molecule has 1 aliphatic carbocycles. The molecule has 3 rings (SSSR count). The average molecular weight is 338 g/mol. The molecule has 2 N–H and O–H groups in total. The lowest BCUT2D eigenvalue weighted by Gasteiger charge is -2.09. The Hall–Kier alpha value is -2.82. The molecule has 0 aliphatic heterocycles. The zero-order chi connectivity index (χ0) is 17.6. The zero-order valence-electron chi connectivity index (χ0n) is 14.2. The average Bonchev–Trinajstić information content (AvgIpc) is 3.37. The van der Waals surface area contributed by atoms with Crippen molar-refractivity contribution in [2.45, 2.75) is 13.3 Å². The molecule has 130 valence electrons. The molecule has 2 aromatic carbocycles. The molecular weight excluding hydrogens is 316 g/mol. The van der Waals surface area contributed by atoms with Crippen molar-refractivity contribution in [1.29, 1.82) is 0 Å². The van der Waals surface area contributed by atoms with Crippen molar-refractivity contribution in [1.82, 2.24) is 5.32 Å². The molecule has 0 spiro atoms. The Balaban J connectivity index is 1.46. The maximum atomic E-state index is 12.2. The number of rotatable bonds is 7. The van der Waals surface area contributed by atoms with E-state index in [1.165, 1.54) is 0 Å². The molecule has 0 bridgehead atoms. The maximum absolute atomic E-state index is 12.2. The molecular formula is C20H22N2O3. The predicted molar refractivity (Wildman–Crippen MR) is 96.6 cm³/mol. The van der Waals surface area contributed by atoms with Gasteiger partial charge in [-0.2, -0.15) is 0 Å². The first kappa shape index (κ1) is 17.0. The molecule has 1 fully saturated rings. The molecule has 1 aliphatic rings. The van der Waals surface area contributed by atoms with Gasteiger partial charge in [-0.05, 0) is 42.7 Å². The quantitative estimate of drug-likeness (QED) is 0.762. The minimum atomic E-state index is -0.187. The second-order valence-electron chi connectivity index (χ2n) is 6.31. The molecule has 5 nitrogen and oxygen atoms in total. The first-order chi connectivity index (χ1) is 12.1. The van der Waals surface area contributed by atoms with Gasteiger partial charge in [0, 0.05) is 17.2 Å². The van der Waals surface area contributed by atoms with E-state index >= 15 is 0 Å². The monoisotopic (exact) mass is 338 g/mol. The Morgan fingerprint density at radius 1 is 1.12 bits per heavy atom. The van der Waals surface area contributed by atoms with Crippen LogP contribution in [0.5, 0.6) is 5.75 Å². The summed E-state index contributed by atoms with van der Waals surface area (Å²) in [5, 5.41) is 5.69. The Labute approximate surface area is 147 Å². The molecule has 0 radical (unpaired) electrons. The van der Waals surface area contributed by atoms with Gasteiger partial charge in [0.1, 0.15) is 12.4 Å². The first-order valence-corrected chi connectivity index (χ1v) is 8.50. The van der Waals surface area contributed by atoms with Gasteiger partial charge in [-0.1, -0.05) is 31.2 Å². The maximum Gasteiger partial charge on any atom is 0.251 e. The number of carbonyl (C=O) groups excluding carboxylic acids is 2. The summed E-state index contributed by atoms with van der Waals surface area (Å²) in [6.45, 7) is 2.86. The lowest BCUT2D eigenvalue weighted by Crippen LogP contribution is -2.28. The normalized spacial score (nSPS) is 18.3. The van der Waals surface area contributed by atoms with Crippen LogP contribution in [-0.2, 0) is 4.79 Å². The van der Waals surface area contributed by atoms with Crippen LogP contribution in [-0.4, -0.2) is 25.0 Å². The van der Waals surface area contributed by atoms with Crippen molar-refractivity contribution >= 4 is 17.5 Å². The van der Waals surface area contributed by atoms with E-state index in [-0.39, 0.29) is 17.7 Å². The molecule has 2 amide bonds. The molecule has 25 heavy (non-hydrogen) atoms. The predicted octanol–water partition coefficient (Wildman–Crippen LogP) is 3.09. The van der Waals surface area contributed by atoms with Crippen molar-refractivity contribution in [3.63, 3.8) is 0 Å². The second kappa shape index (κ2) is 7.83. The van der Waals surface area contributed by atoms with E-state index in [2.05, 4.69) is 17.6 Å². The van der Waals surface area contributed by atoms with Gasteiger partial charge < -0.3 is 15.4 Å². The summed E-state index contributed by atoms with van der Waals surface area (Å²) in [4.78, 5) is 24.2. The van der Waals surface area contributed by atoms with Crippen molar-refractivity contribution in [2.75, 3.05) is 18.5 Å². The second-order valence-corrected chi connectivity index (χ2v) is 6.31. The topological polar surface area (TPSA) is 67.4 Å². The van der Waals surface area contributed by atoms with Crippen LogP contribution in [0.25, 0.3) is 0 Å². The van der Waals surface area contributed by atoms with E-state index < -0.39 is 0 Å². The van der Waals surface area contributed by atoms with Gasteiger partial charge in [-0.25, -0.2) is 0 Å². The summed E-state index contributed by atoms with van der Waals surface area (Å²) in [6.07, 6.45) is 0.938. The summed E-state index contributed by atoms with van der Waals surface area (Å²) in [7, 11) is 0. The number of ether oxygens (including phenoxy) is 1. The minimum absolute atomic E-state index is 0.0290. The summed E-state index contributed by atoms with van der Waals surface area (Å²) in [5.74, 6) is 1.17. The van der Waals surface area contributed by atoms with E-state index in [0.29, 0.717) is 30.3 Å². The van der Waals surface area contributed by atoms with Crippen LogP contribution < -0.4 is 15.4 Å². The van der Waals surface area contributed by atoms with E-state index in [1.807, 2.05) is 30.3 Å². The zero-order valence-corrected chi connectivity index (χ0v) is 14.2. The molecule has 0 heterocycles. The van der Waals surface area contributed by atoms with Gasteiger partial charge in [0.15, 0.2) is 0 Å². The number of para-hydroxylation sites is 1. The van der Waals surface area contributed by atoms with Crippen LogP contribution in [0.1, 0.15) is 23.7 Å². The number of nitrogens with one attached hydrogen (secondary N) is 2. The number of carbonyl (C=O) groups is 2. The number of anilines is 1. The molecule has 0 saturated heterocycles. The molecule has 0 unspecified atom stereocenters. The van der Waals surface area contributed by atoms with Crippen LogP contribution in [0.15, 0.2) is 54.6 Å². The number of amides is 2. The van der Waals surface area contributed by atoms with E-state index in [4.69, 9.17) is 4.74 Å². The van der Waals surface area contributed by atoms with Gasteiger partial charge >= 0.3 is 0 Å². The van der Waals surface area contributed by atoms with Gasteiger partial charge in [0.05, 0.1) is 6.54 Å². The fourth-order valence-corrected chi connectivity index (χ4v) is 2.61. The van der Waals surface area contributed by atoms with Crippen LogP contribution in [0.3, 0.4) is 0 Å². The Bertz CT molecular complexity index is 746. The van der Waals surface area contributed by atoms with E-state index in [0.717, 1.165) is 12.2 Å². The first-order valence-electron chi connectivity index (χ1n) is 8.50. The fourth-order valence-electron chi connectivity index (χ4n) is 2.61. The van der Waals surface area contributed by atoms with Crippen molar-refractivity contribution in [2.24, 2.45) is 11.8 Å². The minimum Gasteiger partial charge on any atom is -0.492 e. The van der Waals surface area contributed by atoms with Crippen molar-refractivity contribution < 1.29 is 14.3 Å². The van der Waals surface area contributed by atoms with Gasteiger partial charge in [-0.3, -0.25) is 9.59 Å². The van der Waals surface area contributed by atoms with Crippen LogP contribution in [0, 0.1) is 11.8 Å². The van der Waals surface area contributed by atoms with E-state index in [1.54, 1.807) is 24.3 Å². The summed E-state index contributed by atoms with van der Waals surface area (Å²) in [5.41, 5.74) is 1.17. The van der Waals surface area contributed by atoms with Crippen LogP contribution in [0.2, 0.25) is 0 Å². The molecule has 2 atom stereocenters. The van der Waals surface area contributed by atoms with Crippen LogP contribution in [0.4, 0.5) is 5.69 Å². The Morgan fingerprint density at radius 2 is 1.88 bits per heavy atom. The lowest BCUT2D eigenvalue weighted by molar-refractivity contribution is -0.117. The van der Waals surface area contributed by atoms with Gasteiger partial charge in [0.25, 0.3) is 5.91 Å². The highest BCUT2D eigenvalue weighted by molar-refractivity contribution is 5.98. The lowest BCUT2D eigenvalue weighted by atomic mass is 10.2. The summed E-state index contributed by atoms with van der Waals surface area (Å²) in [6, 6.07) is 16.4. The van der Waals surface area contributed by atoms with Gasteiger partial charge in [-0.15, -0.1) is 0 Å². The Kier molecular flexibility index (Phi) is 5.33. The fraction of sp³-hybridized carbons (Fsp3) is 0.300. The number of benzene rings is 2. The Morgan fingerprint density at radius 3 is 2.60 bits per heavy atom. The summed E-state index contributed by atoms with van der Waals surface area (Å²) < 4.78 is 5.54. The highest BCUT2D eigenvalue weighted by Gasteiger charge is 2.39. The van der Waals surface area contributed by atoms with Gasteiger partial charge in [0.2, 0.25) is 5.91 Å². The third-order valence-corrected chi connectivity index (χ3v) is 4.24. The standard InChI is InChI=1S/C20H22N2O3/c1-14-12-18(14)20(24)22-16-7-5-6-15(13-16)19(23)21-10-11-25-17-8-3-2-4-9-17/h2-9,13-14,18H,10-12H2,1H3,(H,21,23)(H,22,24)/t14-,18-/m1/s1. The SMILES string of the molecule is C[C@@H]1C[C@H]1C(=O)Nc1cccc(C(=O)NCCOc2ccccc2)c1. The van der Waals surface area contributed by atoms with E-state index in [9.17, 15) is 9.59 Å². The summed E-state index contributed by atoms with van der Waals surface area (Å²) >= 11 is 0.